The molecule has 0 unspecified atom stereocenters. The van der Waals surface area contributed by atoms with E-state index in [0.29, 0.717) is 19.0 Å². The third-order valence-electron chi connectivity index (χ3n) is 3.17. The number of nitrogens with zero attached hydrogens (tertiary/aromatic N) is 1. The highest BCUT2D eigenvalue weighted by molar-refractivity contribution is 5.40. The molecule has 1 aromatic heterocycles. The van der Waals surface area contributed by atoms with Crippen molar-refractivity contribution in [3.8, 4) is 17.4 Å². The van der Waals surface area contributed by atoms with Crippen LogP contribution in [0.4, 0.5) is 0 Å². The van der Waals surface area contributed by atoms with Crippen LogP contribution in [0.2, 0.25) is 0 Å². The van der Waals surface area contributed by atoms with Crippen LogP contribution in [0.1, 0.15) is 11.1 Å². The standard InChI is InChI=1S/C16H20N2O3/c1-19-14-7-6-12(15(9-14)20-2)10-17-11-13-5-4-8-18-16(13)21-3/h4-9,17H,10-11H2,1-3H3. The van der Waals surface area contributed by atoms with Gasteiger partial charge in [0.15, 0.2) is 0 Å². The first-order valence-electron chi connectivity index (χ1n) is 6.68. The summed E-state index contributed by atoms with van der Waals surface area (Å²) in [6.45, 7) is 1.36. The van der Waals surface area contributed by atoms with Crippen LogP contribution in [0.15, 0.2) is 36.5 Å². The highest BCUT2D eigenvalue weighted by Crippen LogP contribution is 2.24. The van der Waals surface area contributed by atoms with Gasteiger partial charge in [-0.1, -0.05) is 12.1 Å². The third-order valence-corrected chi connectivity index (χ3v) is 3.17. The Hall–Kier alpha value is -2.27. The molecule has 2 aromatic rings. The fraction of sp³-hybridized carbons (Fsp3) is 0.312. The van der Waals surface area contributed by atoms with Crippen LogP contribution in [0, 0.1) is 0 Å². The number of methoxy groups -OCH3 is 3. The Labute approximate surface area is 124 Å². The van der Waals surface area contributed by atoms with Gasteiger partial charge in [-0.25, -0.2) is 4.98 Å². The van der Waals surface area contributed by atoms with Crippen LogP contribution >= 0.6 is 0 Å². The molecular formula is C16H20N2O3. The number of nitrogens with one attached hydrogen (secondary N) is 1. The average molecular weight is 288 g/mol. The molecule has 0 bridgehead atoms. The van der Waals surface area contributed by atoms with E-state index in [4.69, 9.17) is 14.2 Å². The summed E-state index contributed by atoms with van der Waals surface area (Å²) < 4.78 is 15.8. The summed E-state index contributed by atoms with van der Waals surface area (Å²) in [4.78, 5) is 4.18. The topological polar surface area (TPSA) is 52.6 Å². The molecule has 0 amide bonds. The SMILES string of the molecule is COc1ccc(CNCc2cccnc2OC)c(OC)c1. The van der Waals surface area contributed by atoms with E-state index in [1.807, 2.05) is 30.3 Å². The fourth-order valence-corrected chi connectivity index (χ4v) is 2.07. The summed E-state index contributed by atoms with van der Waals surface area (Å²) in [6.07, 6.45) is 1.72. The van der Waals surface area contributed by atoms with Gasteiger partial charge in [-0.2, -0.15) is 0 Å². The molecule has 21 heavy (non-hydrogen) atoms. The summed E-state index contributed by atoms with van der Waals surface area (Å²) in [5, 5.41) is 3.36. The van der Waals surface area contributed by atoms with Gasteiger partial charge in [-0.3, -0.25) is 0 Å². The Morgan fingerprint density at radius 3 is 2.48 bits per heavy atom. The second-order valence-electron chi connectivity index (χ2n) is 4.45. The van der Waals surface area contributed by atoms with Gasteiger partial charge in [-0.05, 0) is 12.1 Å². The Balaban J connectivity index is 2.00. The van der Waals surface area contributed by atoms with E-state index in [2.05, 4.69) is 10.3 Å². The average Bonchev–Trinajstić information content (AvgIpc) is 2.55. The highest BCUT2D eigenvalue weighted by Gasteiger charge is 2.06. The smallest absolute Gasteiger partial charge is 0.217 e. The minimum atomic E-state index is 0.645. The van der Waals surface area contributed by atoms with E-state index in [1.165, 1.54) is 0 Å². The van der Waals surface area contributed by atoms with Gasteiger partial charge in [0, 0.05) is 36.5 Å². The van der Waals surface area contributed by atoms with Crippen molar-refractivity contribution in [1.29, 1.82) is 0 Å². The second kappa shape index (κ2) is 7.50. The molecule has 5 heteroatoms. The van der Waals surface area contributed by atoms with Gasteiger partial charge in [0.25, 0.3) is 0 Å². The largest absolute Gasteiger partial charge is 0.497 e. The molecule has 0 saturated carbocycles. The zero-order valence-electron chi connectivity index (χ0n) is 12.6. The molecule has 0 fully saturated rings. The third kappa shape index (κ3) is 3.86. The molecule has 0 aliphatic heterocycles. The van der Waals surface area contributed by atoms with Gasteiger partial charge in [0.05, 0.1) is 21.3 Å². The molecule has 1 heterocycles. The Morgan fingerprint density at radius 2 is 1.76 bits per heavy atom. The molecule has 0 radical (unpaired) electrons. The van der Waals surface area contributed by atoms with Crippen molar-refractivity contribution in [1.82, 2.24) is 10.3 Å². The van der Waals surface area contributed by atoms with E-state index in [9.17, 15) is 0 Å². The number of hydrogen-bond donors (Lipinski definition) is 1. The van der Waals surface area contributed by atoms with Crippen molar-refractivity contribution >= 4 is 0 Å². The Morgan fingerprint density at radius 1 is 0.952 bits per heavy atom. The normalized spacial score (nSPS) is 10.2. The van der Waals surface area contributed by atoms with Crippen molar-refractivity contribution < 1.29 is 14.2 Å². The van der Waals surface area contributed by atoms with Gasteiger partial charge < -0.3 is 19.5 Å². The maximum Gasteiger partial charge on any atom is 0.217 e. The monoisotopic (exact) mass is 288 g/mol. The first kappa shape index (κ1) is 15.1. The van der Waals surface area contributed by atoms with E-state index >= 15 is 0 Å². The lowest BCUT2D eigenvalue weighted by molar-refractivity contribution is 0.387. The zero-order chi connectivity index (χ0) is 15.1. The quantitative estimate of drug-likeness (QED) is 0.848. The first-order valence-corrected chi connectivity index (χ1v) is 6.68. The Bertz CT molecular complexity index is 587. The van der Waals surface area contributed by atoms with Gasteiger partial charge >= 0.3 is 0 Å². The lowest BCUT2D eigenvalue weighted by atomic mass is 10.2. The summed E-state index contributed by atoms with van der Waals surface area (Å²) in [7, 11) is 4.92. The minimum Gasteiger partial charge on any atom is -0.497 e. The molecule has 1 aromatic carbocycles. The highest BCUT2D eigenvalue weighted by atomic mass is 16.5. The number of ether oxygens (including phenoxy) is 3. The number of benzene rings is 1. The second-order valence-corrected chi connectivity index (χ2v) is 4.45. The lowest BCUT2D eigenvalue weighted by Gasteiger charge is -2.12. The molecule has 0 spiro atoms. The predicted molar refractivity (Wildman–Crippen MR) is 80.9 cm³/mol. The fourth-order valence-electron chi connectivity index (χ4n) is 2.07. The zero-order valence-corrected chi connectivity index (χ0v) is 12.6. The maximum absolute atomic E-state index is 5.38. The van der Waals surface area contributed by atoms with Crippen LogP contribution in [0.25, 0.3) is 0 Å². The molecule has 112 valence electrons. The minimum absolute atomic E-state index is 0.645. The summed E-state index contributed by atoms with van der Waals surface area (Å²) in [6, 6.07) is 9.68. The predicted octanol–water partition coefficient (Wildman–Crippen LogP) is 2.40. The van der Waals surface area contributed by atoms with E-state index < -0.39 is 0 Å². The number of pyridine rings is 1. The molecule has 2 rings (SSSR count). The molecule has 1 N–H and O–H groups in total. The molecule has 0 atom stereocenters. The van der Waals surface area contributed by atoms with Crippen molar-refractivity contribution in [2.45, 2.75) is 13.1 Å². The summed E-state index contributed by atoms with van der Waals surface area (Å²) in [5.41, 5.74) is 2.09. The molecule has 5 nitrogen and oxygen atoms in total. The summed E-state index contributed by atoms with van der Waals surface area (Å²) in [5.74, 6) is 2.23. The van der Waals surface area contributed by atoms with Gasteiger partial charge in [0.1, 0.15) is 11.5 Å². The van der Waals surface area contributed by atoms with E-state index in [-0.39, 0.29) is 0 Å². The Kier molecular flexibility index (Phi) is 5.40. The molecule has 0 aliphatic carbocycles. The van der Waals surface area contributed by atoms with Crippen molar-refractivity contribution in [3.63, 3.8) is 0 Å². The number of hydrogen-bond acceptors (Lipinski definition) is 5. The molecule has 0 aliphatic rings. The van der Waals surface area contributed by atoms with Crippen LogP contribution in [0.3, 0.4) is 0 Å². The van der Waals surface area contributed by atoms with Crippen LogP contribution in [0.5, 0.6) is 17.4 Å². The first-order chi connectivity index (χ1) is 10.3. The molecular weight excluding hydrogens is 268 g/mol. The van der Waals surface area contributed by atoms with Crippen molar-refractivity contribution in [2.24, 2.45) is 0 Å². The van der Waals surface area contributed by atoms with Gasteiger partial charge in [0.2, 0.25) is 5.88 Å². The van der Waals surface area contributed by atoms with Crippen LogP contribution < -0.4 is 19.5 Å². The number of aromatic nitrogens is 1. The summed E-state index contributed by atoms with van der Waals surface area (Å²) >= 11 is 0. The van der Waals surface area contributed by atoms with Crippen LogP contribution in [-0.4, -0.2) is 26.3 Å². The van der Waals surface area contributed by atoms with Crippen LogP contribution in [-0.2, 0) is 13.1 Å². The van der Waals surface area contributed by atoms with Gasteiger partial charge in [-0.15, -0.1) is 0 Å². The number of rotatable bonds is 7. The van der Waals surface area contributed by atoms with E-state index in [1.54, 1.807) is 27.5 Å². The lowest BCUT2D eigenvalue weighted by Crippen LogP contribution is -2.14. The van der Waals surface area contributed by atoms with Crippen molar-refractivity contribution in [2.75, 3.05) is 21.3 Å². The van der Waals surface area contributed by atoms with E-state index in [0.717, 1.165) is 22.6 Å². The van der Waals surface area contributed by atoms with Crippen molar-refractivity contribution in [3.05, 3.63) is 47.7 Å². The molecule has 0 saturated heterocycles. The maximum atomic E-state index is 5.38.